The Kier molecular flexibility index (Phi) is 5.05. The molecule has 0 aromatic rings. The molecule has 1 rings (SSSR count). The van der Waals surface area contributed by atoms with E-state index in [4.69, 9.17) is 5.73 Å². The molecule has 0 saturated carbocycles. The van der Waals surface area contributed by atoms with Gasteiger partial charge in [-0.25, -0.2) is 4.79 Å². The summed E-state index contributed by atoms with van der Waals surface area (Å²) in [6.07, 6.45) is -0.250. The Labute approximate surface area is 80.7 Å². The molecule has 0 atom stereocenters. The number of hydrogen-bond acceptors (Lipinski definition) is 5. The van der Waals surface area contributed by atoms with Gasteiger partial charge in [-0.05, 0) is 0 Å². The molecule has 7 nitrogen and oxygen atoms in total. The second kappa shape index (κ2) is 5.79. The lowest BCUT2D eigenvalue weighted by atomic mass is 10.4. The average Bonchev–Trinajstić information content (AvgIpc) is 2.04. The Bertz CT molecular complexity index is 224. The van der Waals surface area contributed by atoms with E-state index in [2.05, 4.69) is 9.47 Å². The van der Waals surface area contributed by atoms with Crippen molar-refractivity contribution in [2.75, 3.05) is 20.9 Å². The molecular formula is C7H12N2O5. The van der Waals surface area contributed by atoms with Crippen LogP contribution in [-0.2, 0) is 19.1 Å². The molecule has 0 bridgehead atoms. The van der Waals surface area contributed by atoms with E-state index in [9.17, 15) is 14.4 Å². The Morgan fingerprint density at radius 1 is 1.29 bits per heavy atom. The first kappa shape index (κ1) is 12.2. The fraction of sp³-hybridized carbons (Fsp3) is 0.571. The van der Waals surface area contributed by atoms with Crippen molar-refractivity contribution in [3.05, 3.63) is 0 Å². The maximum atomic E-state index is 10.2. The lowest BCUT2D eigenvalue weighted by Crippen LogP contribution is -2.27. The SMILES string of the molecule is CN(C)C(N)=O.O=C1CC(=O)OCO1. The van der Waals surface area contributed by atoms with Gasteiger partial charge in [0, 0.05) is 14.1 Å². The molecule has 0 unspecified atom stereocenters. The average molecular weight is 204 g/mol. The summed E-state index contributed by atoms with van der Waals surface area (Å²) in [4.78, 5) is 31.5. The van der Waals surface area contributed by atoms with Gasteiger partial charge in [0.1, 0.15) is 6.42 Å². The zero-order chi connectivity index (χ0) is 11.1. The smallest absolute Gasteiger partial charge is 0.320 e. The lowest BCUT2D eigenvalue weighted by Gasteiger charge is -2.09. The third kappa shape index (κ3) is 5.81. The van der Waals surface area contributed by atoms with Crippen LogP contribution < -0.4 is 5.73 Å². The zero-order valence-electron chi connectivity index (χ0n) is 7.98. The van der Waals surface area contributed by atoms with Gasteiger partial charge >= 0.3 is 18.0 Å². The number of nitrogens with two attached hydrogens (primary N) is 1. The maximum absolute atomic E-state index is 10.2. The highest BCUT2D eigenvalue weighted by atomic mass is 16.7. The van der Waals surface area contributed by atoms with Gasteiger partial charge in [0.15, 0.2) is 0 Å². The number of amides is 2. The highest BCUT2D eigenvalue weighted by Gasteiger charge is 2.17. The minimum Gasteiger partial charge on any atom is -0.427 e. The van der Waals surface area contributed by atoms with Crippen LogP contribution >= 0.6 is 0 Å². The fourth-order valence-corrected chi connectivity index (χ4v) is 0.381. The molecule has 0 aromatic carbocycles. The molecule has 0 radical (unpaired) electrons. The van der Waals surface area contributed by atoms with Gasteiger partial charge < -0.3 is 20.1 Å². The maximum Gasteiger partial charge on any atom is 0.320 e. The van der Waals surface area contributed by atoms with E-state index in [1.165, 1.54) is 4.90 Å². The third-order valence-electron chi connectivity index (χ3n) is 1.17. The molecule has 0 aliphatic carbocycles. The molecule has 2 N–H and O–H groups in total. The van der Waals surface area contributed by atoms with Crippen LogP contribution in [-0.4, -0.2) is 43.8 Å². The van der Waals surface area contributed by atoms with Crippen LogP contribution in [0.1, 0.15) is 6.42 Å². The van der Waals surface area contributed by atoms with Crippen molar-refractivity contribution in [1.82, 2.24) is 4.90 Å². The highest BCUT2D eigenvalue weighted by molar-refractivity contribution is 5.92. The predicted octanol–water partition coefficient (Wildman–Crippen LogP) is -0.939. The first-order valence-electron chi connectivity index (χ1n) is 3.71. The summed E-state index contributed by atoms with van der Waals surface area (Å²) >= 11 is 0. The summed E-state index contributed by atoms with van der Waals surface area (Å²) in [5, 5.41) is 0. The molecular weight excluding hydrogens is 192 g/mol. The van der Waals surface area contributed by atoms with Crippen LogP contribution in [0.15, 0.2) is 0 Å². The van der Waals surface area contributed by atoms with Crippen LogP contribution in [0.4, 0.5) is 4.79 Å². The van der Waals surface area contributed by atoms with E-state index in [1.54, 1.807) is 14.1 Å². The number of hydrogen-bond donors (Lipinski definition) is 1. The number of carbonyl (C=O) groups is 3. The van der Waals surface area contributed by atoms with E-state index in [1.807, 2.05) is 0 Å². The third-order valence-corrected chi connectivity index (χ3v) is 1.17. The minimum atomic E-state index is -0.513. The van der Waals surface area contributed by atoms with E-state index in [-0.39, 0.29) is 13.2 Å². The first-order chi connectivity index (χ1) is 6.43. The molecule has 1 fully saturated rings. The van der Waals surface area contributed by atoms with Gasteiger partial charge in [-0.15, -0.1) is 0 Å². The van der Waals surface area contributed by atoms with Crippen molar-refractivity contribution in [2.45, 2.75) is 6.42 Å². The van der Waals surface area contributed by atoms with Gasteiger partial charge in [-0.1, -0.05) is 0 Å². The van der Waals surface area contributed by atoms with Crippen molar-refractivity contribution in [2.24, 2.45) is 5.73 Å². The Morgan fingerprint density at radius 2 is 1.64 bits per heavy atom. The molecule has 0 spiro atoms. The van der Waals surface area contributed by atoms with E-state index in [0.717, 1.165) is 0 Å². The van der Waals surface area contributed by atoms with Crippen molar-refractivity contribution in [3.8, 4) is 0 Å². The Hall–Kier alpha value is -1.79. The highest BCUT2D eigenvalue weighted by Crippen LogP contribution is 1.97. The number of urea groups is 1. The number of carbonyl (C=O) groups excluding carboxylic acids is 3. The van der Waals surface area contributed by atoms with Crippen LogP contribution in [0.3, 0.4) is 0 Å². The predicted molar refractivity (Wildman–Crippen MR) is 44.9 cm³/mol. The van der Waals surface area contributed by atoms with Gasteiger partial charge in [0.05, 0.1) is 0 Å². The standard InChI is InChI=1S/C4H4O4.C3H8N2O/c5-3-1-4(6)8-2-7-3;1-5(2)3(4)6/h1-2H2;1-2H3,(H2,4,6). The molecule has 1 aliphatic rings. The monoisotopic (exact) mass is 204 g/mol. The van der Waals surface area contributed by atoms with Crippen LogP contribution in [0.2, 0.25) is 0 Å². The number of rotatable bonds is 0. The Balaban J connectivity index is 0.000000255. The summed E-state index contributed by atoms with van der Waals surface area (Å²) in [6.45, 7) is -0.225. The van der Waals surface area contributed by atoms with E-state index < -0.39 is 18.0 Å². The summed E-state index contributed by atoms with van der Waals surface area (Å²) in [5.74, 6) is -1.03. The topological polar surface area (TPSA) is 98.9 Å². The van der Waals surface area contributed by atoms with Crippen LogP contribution in [0, 0.1) is 0 Å². The molecule has 14 heavy (non-hydrogen) atoms. The molecule has 1 heterocycles. The quantitative estimate of drug-likeness (QED) is 0.405. The molecule has 7 heteroatoms. The van der Waals surface area contributed by atoms with Gasteiger partial charge in [0.2, 0.25) is 6.79 Å². The van der Waals surface area contributed by atoms with E-state index in [0.29, 0.717) is 0 Å². The number of nitrogens with zero attached hydrogens (tertiary/aromatic N) is 1. The number of esters is 2. The van der Waals surface area contributed by atoms with Crippen molar-refractivity contribution < 1.29 is 23.9 Å². The molecule has 1 aliphatic heterocycles. The van der Waals surface area contributed by atoms with Gasteiger partial charge in [-0.2, -0.15) is 0 Å². The van der Waals surface area contributed by atoms with Crippen LogP contribution in [0.5, 0.6) is 0 Å². The number of primary amides is 1. The lowest BCUT2D eigenvalue weighted by molar-refractivity contribution is -0.181. The molecule has 80 valence electrons. The van der Waals surface area contributed by atoms with Gasteiger partial charge in [-0.3, -0.25) is 9.59 Å². The normalized spacial score (nSPS) is 14.4. The van der Waals surface area contributed by atoms with Crippen molar-refractivity contribution in [1.29, 1.82) is 0 Å². The summed E-state index contributed by atoms with van der Waals surface area (Å²) in [5.41, 5.74) is 4.72. The zero-order valence-corrected chi connectivity index (χ0v) is 7.98. The molecule has 2 amide bonds. The summed E-state index contributed by atoms with van der Waals surface area (Å²) in [7, 11) is 3.20. The molecule has 1 saturated heterocycles. The van der Waals surface area contributed by atoms with Gasteiger partial charge in [0.25, 0.3) is 0 Å². The van der Waals surface area contributed by atoms with Crippen molar-refractivity contribution >= 4 is 18.0 Å². The number of cyclic esters (lactones) is 2. The second-order valence-corrected chi connectivity index (χ2v) is 2.56. The number of ether oxygens (including phenoxy) is 2. The fourth-order valence-electron chi connectivity index (χ4n) is 0.381. The second-order valence-electron chi connectivity index (χ2n) is 2.56. The Morgan fingerprint density at radius 3 is 1.79 bits per heavy atom. The van der Waals surface area contributed by atoms with Crippen molar-refractivity contribution in [3.63, 3.8) is 0 Å². The van der Waals surface area contributed by atoms with Crippen LogP contribution in [0.25, 0.3) is 0 Å². The molecule has 0 aromatic heterocycles. The minimum absolute atomic E-state index is 0.225. The summed E-state index contributed by atoms with van der Waals surface area (Å²) in [6, 6.07) is -0.407. The van der Waals surface area contributed by atoms with E-state index >= 15 is 0 Å². The largest absolute Gasteiger partial charge is 0.427 e. The first-order valence-corrected chi connectivity index (χ1v) is 3.71. The summed E-state index contributed by atoms with van der Waals surface area (Å²) < 4.78 is 8.53.